The van der Waals surface area contributed by atoms with Gasteiger partial charge in [-0.25, -0.2) is 4.79 Å². The molecule has 0 saturated heterocycles. The number of benzene rings is 1. The van der Waals surface area contributed by atoms with Gasteiger partial charge in [0.2, 0.25) is 0 Å². The van der Waals surface area contributed by atoms with Gasteiger partial charge in [-0.05, 0) is 12.0 Å². The van der Waals surface area contributed by atoms with Crippen LogP contribution in [0.1, 0.15) is 57.4 Å². The van der Waals surface area contributed by atoms with Gasteiger partial charge in [-0.3, -0.25) is 0 Å². The first-order chi connectivity index (χ1) is 9.75. The van der Waals surface area contributed by atoms with Crippen LogP contribution in [0.2, 0.25) is 0 Å². The molecule has 0 amide bonds. The molecule has 0 atom stereocenters. The molecule has 0 heterocycles. The Balaban J connectivity index is 2.10. The standard InChI is InChI=1S/C18H26O2/c1-3-4-5-6-7-8-12-15-20-18(19)16(2)17-13-10-9-11-14-17/h9-11,13-14H,2-8,12,15H2,1H3. The second-order valence-corrected chi connectivity index (χ2v) is 5.10. The van der Waals surface area contributed by atoms with Crippen molar-refractivity contribution in [2.45, 2.75) is 51.9 Å². The Morgan fingerprint density at radius 2 is 1.60 bits per heavy atom. The van der Waals surface area contributed by atoms with E-state index in [2.05, 4.69) is 13.5 Å². The van der Waals surface area contributed by atoms with Crippen molar-refractivity contribution in [1.29, 1.82) is 0 Å². The summed E-state index contributed by atoms with van der Waals surface area (Å²) in [6.07, 6.45) is 8.52. The smallest absolute Gasteiger partial charge is 0.338 e. The molecule has 1 aromatic rings. The Hall–Kier alpha value is -1.57. The Kier molecular flexibility index (Phi) is 8.44. The lowest BCUT2D eigenvalue weighted by atomic mass is 10.1. The minimum atomic E-state index is -0.304. The first kappa shape index (κ1) is 16.5. The highest BCUT2D eigenvalue weighted by Gasteiger charge is 2.09. The Morgan fingerprint density at radius 1 is 1.00 bits per heavy atom. The van der Waals surface area contributed by atoms with Crippen LogP contribution in [0.4, 0.5) is 0 Å². The molecule has 0 aromatic heterocycles. The molecule has 0 aliphatic heterocycles. The van der Waals surface area contributed by atoms with Gasteiger partial charge >= 0.3 is 5.97 Å². The minimum Gasteiger partial charge on any atom is -0.462 e. The maximum atomic E-state index is 11.8. The topological polar surface area (TPSA) is 26.3 Å². The van der Waals surface area contributed by atoms with Crippen molar-refractivity contribution < 1.29 is 9.53 Å². The average molecular weight is 274 g/mol. The normalized spacial score (nSPS) is 10.2. The van der Waals surface area contributed by atoms with Gasteiger partial charge in [0.05, 0.1) is 12.2 Å². The molecule has 0 spiro atoms. The Morgan fingerprint density at radius 3 is 2.25 bits per heavy atom. The third-order valence-electron chi connectivity index (χ3n) is 3.35. The molecule has 0 fully saturated rings. The van der Waals surface area contributed by atoms with Gasteiger partial charge in [-0.2, -0.15) is 0 Å². The second kappa shape index (κ2) is 10.2. The van der Waals surface area contributed by atoms with Gasteiger partial charge < -0.3 is 4.74 Å². The Bertz CT molecular complexity index is 395. The number of rotatable bonds is 10. The second-order valence-electron chi connectivity index (χ2n) is 5.10. The highest BCUT2D eigenvalue weighted by atomic mass is 16.5. The molecule has 1 rings (SSSR count). The molecule has 0 N–H and O–H groups in total. The van der Waals surface area contributed by atoms with Crippen LogP contribution in [0, 0.1) is 0 Å². The van der Waals surface area contributed by atoms with Crippen molar-refractivity contribution in [2.24, 2.45) is 0 Å². The van der Waals surface area contributed by atoms with E-state index in [-0.39, 0.29) is 5.97 Å². The van der Waals surface area contributed by atoms with E-state index >= 15 is 0 Å². The number of carbonyl (C=O) groups is 1. The third-order valence-corrected chi connectivity index (χ3v) is 3.35. The van der Waals surface area contributed by atoms with E-state index < -0.39 is 0 Å². The largest absolute Gasteiger partial charge is 0.462 e. The van der Waals surface area contributed by atoms with E-state index in [1.165, 1.54) is 32.1 Å². The van der Waals surface area contributed by atoms with Gasteiger partial charge in [-0.15, -0.1) is 0 Å². The predicted octanol–water partition coefficient (Wildman–Crippen LogP) is 4.99. The third kappa shape index (κ3) is 6.55. The maximum Gasteiger partial charge on any atom is 0.338 e. The average Bonchev–Trinajstić information content (AvgIpc) is 2.50. The number of hydrogen-bond acceptors (Lipinski definition) is 2. The van der Waals surface area contributed by atoms with Crippen molar-refractivity contribution in [3.8, 4) is 0 Å². The van der Waals surface area contributed by atoms with Crippen molar-refractivity contribution in [1.82, 2.24) is 0 Å². The molecule has 1 aromatic carbocycles. The highest BCUT2D eigenvalue weighted by molar-refractivity contribution is 6.15. The molecule has 2 heteroatoms. The van der Waals surface area contributed by atoms with Crippen LogP contribution in [0.3, 0.4) is 0 Å². The van der Waals surface area contributed by atoms with Gasteiger partial charge in [-0.1, -0.05) is 82.4 Å². The van der Waals surface area contributed by atoms with Crippen molar-refractivity contribution in [3.63, 3.8) is 0 Å². The van der Waals surface area contributed by atoms with E-state index in [1.54, 1.807) is 0 Å². The summed E-state index contributed by atoms with van der Waals surface area (Å²) in [4.78, 5) is 11.8. The molecular weight excluding hydrogens is 248 g/mol. The molecule has 0 radical (unpaired) electrons. The first-order valence-electron chi connectivity index (χ1n) is 7.67. The van der Waals surface area contributed by atoms with Crippen LogP contribution in [-0.2, 0) is 9.53 Å². The lowest BCUT2D eigenvalue weighted by Gasteiger charge is -2.07. The zero-order chi connectivity index (χ0) is 14.6. The van der Waals surface area contributed by atoms with E-state index in [0.717, 1.165) is 18.4 Å². The fraction of sp³-hybridized carbons (Fsp3) is 0.500. The molecule has 0 bridgehead atoms. The molecule has 110 valence electrons. The van der Waals surface area contributed by atoms with Crippen molar-refractivity contribution in [3.05, 3.63) is 42.5 Å². The fourth-order valence-electron chi connectivity index (χ4n) is 2.07. The molecule has 0 aliphatic rings. The van der Waals surface area contributed by atoms with Crippen molar-refractivity contribution >= 4 is 11.5 Å². The SMILES string of the molecule is C=C(C(=O)OCCCCCCCCC)c1ccccc1. The Labute approximate surface area is 122 Å². The van der Waals surface area contributed by atoms with E-state index in [4.69, 9.17) is 4.74 Å². The lowest BCUT2D eigenvalue weighted by Crippen LogP contribution is -2.07. The lowest BCUT2D eigenvalue weighted by molar-refractivity contribution is -0.136. The summed E-state index contributed by atoms with van der Waals surface area (Å²) in [6, 6.07) is 9.45. The molecule has 0 saturated carbocycles. The summed E-state index contributed by atoms with van der Waals surface area (Å²) in [5.41, 5.74) is 1.27. The summed E-state index contributed by atoms with van der Waals surface area (Å²) < 4.78 is 5.25. The molecule has 2 nitrogen and oxygen atoms in total. The van der Waals surface area contributed by atoms with Crippen LogP contribution in [0.5, 0.6) is 0 Å². The number of hydrogen-bond donors (Lipinski definition) is 0. The number of unbranched alkanes of at least 4 members (excludes halogenated alkanes) is 6. The quantitative estimate of drug-likeness (QED) is 0.341. The van der Waals surface area contributed by atoms with Crippen LogP contribution in [0.15, 0.2) is 36.9 Å². The molecule has 0 aliphatic carbocycles. The van der Waals surface area contributed by atoms with Gasteiger partial charge in [0.25, 0.3) is 0 Å². The van der Waals surface area contributed by atoms with Crippen LogP contribution < -0.4 is 0 Å². The van der Waals surface area contributed by atoms with E-state index in [0.29, 0.717) is 12.2 Å². The highest BCUT2D eigenvalue weighted by Crippen LogP contribution is 2.13. The monoisotopic (exact) mass is 274 g/mol. The van der Waals surface area contributed by atoms with Gasteiger partial charge in [0.1, 0.15) is 0 Å². The minimum absolute atomic E-state index is 0.304. The summed E-state index contributed by atoms with van der Waals surface area (Å²) in [7, 11) is 0. The van der Waals surface area contributed by atoms with Crippen molar-refractivity contribution in [2.75, 3.05) is 6.61 Å². The molecule has 0 unspecified atom stereocenters. The zero-order valence-corrected chi connectivity index (χ0v) is 12.6. The van der Waals surface area contributed by atoms with Gasteiger partial charge in [0.15, 0.2) is 0 Å². The molecule has 20 heavy (non-hydrogen) atoms. The van der Waals surface area contributed by atoms with E-state index in [1.807, 2.05) is 30.3 Å². The zero-order valence-electron chi connectivity index (χ0n) is 12.6. The number of ether oxygens (including phenoxy) is 1. The summed E-state index contributed by atoms with van der Waals surface area (Å²) in [5, 5.41) is 0. The number of carbonyl (C=O) groups excluding carboxylic acids is 1. The van der Waals surface area contributed by atoms with Crippen LogP contribution in [0.25, 0.3) is 5.57 Å². The predicted molar refractivity (Wildman–Crippen MR) is 84.4 cm³/mol. The maximum absolute atomic E-state index is 11.8. The number of esters is 1. The molecular formula is C18H26O2. The summed E-state index contributed by atoms with van der Waals surface area (Å²) >= 11 is 0. The van der Waals surface area contributed by atoms with Gasteiger partial charge in [0, 0.05) is 0 Å². The summed E-state index contributed by atoms with van der Waals surface area (Å²) in [6.45, 7) is 6.52. The van der Waals surface area contributed by atoms with Crippen LogP contribution in [-0.4, -0.2) is 12.6 Å². The van der Waals surface area contributed by atoms with E-state index in [9.17, 15) is 4.79 Å². The first-order valence-corrected chi connectivity index (χ1v) is 7.67. The summed E-state index contributed by atoms with van der Waals surface area (Å²) in [5.74, 6) is -0.304. The van der Waals surface area contributed by atoms with Crippen LogP contribution >= 0.6 is 0 Å². The fourth-order valence-corrected chi connectivity index (χ4v) is 2.07.